The molecule has 1 aromatic rings. The van der Waals surface area contributed by atoms with E-state index in [9.17, 15) is 0 Å². The minimum atomic E-state index is 0.538. The van der Waals surface area contributed by atoms with Crippen molar-refractivity contribution >= 4 is 0 Å². The zero-order valence-electron chi connectivity index (χ0n) is 9.91. The fourth-order valence-corrected chi connectivity index (χ4v) is 2.70. The molecule has 1 saturated heterocycles. The molecule has 2 aliphatic rings. The molecule has 1 aliphatic heterocycles. The third-order valence-electron chi connectivity index (χ3n) is 3.67. The quantitative estimate of drug-likeness (QED) is 0.844. The average molecular weight is 220 g/mol. The largest absolute Gasteiger partial charge is 0.465 e. The van der Waals surface area contributed by atoms with Crippen LogP contribution < -0.4 is 5.32 Å². The van der Waals surface area contributed by atoms with Gasteiger partial charge < -0.3 is 9.73 Å². The van der Waals surface area contributed by atoms with E-state index in [0.717, 1.165) is 37.9 Å². The van der Waals surface area contributed by atoms with E-state index in [1.807, 2.05) is 6.92 Å². The van der Waals surface area contributed by atoms with E-state index in [4.69, 9.17) is 4.42 Å². The van der Waals surface area contributed by atoms with Gasteiger partial charge in [-0.25, -0.2) is 0 Å². The second-order valence-corrected chi connectivity index (χ2v) is 5.02. The van der Waals surface area contributed by atoms with Crippen molar-refractivity contribution in [2.45, 2.75) is 25.8 Å². The molecular formula is C13H20N2O. The van der Waals surface area contributed by atoms with E-state index >= 15 is 0 Å². The minimum absolute atomic E-state index is 0.538. The summed E-state index contributed by atoms with van der Waals surface area (Å²) < 4.78 is 5.84. The molecule has 1 aromatic heterocycles. The van der Waals surface area contributed by atoms with Crippen molar-refractivity contribution in [1.29, 1.82) is 0 Å². The maximum Gasteiger partial charge on any atom is 0.121 e. The second-order valence-electron chi connectivity index (χ2n) is 5.02. The van der Waals surface area contributed by atoms with E-state index in [0.29, 0.717) is 6.04 Å². The Morgan fingerprint density at radius 2 is 2.06 bits per heavy atom. The molecule has 3 heteroatoms. The fraction of sp³-hybridized carbons (Fsp3) is 0.692. The molecule has 0 bridgehead atoms. The smallest absolute Gasteiger partial charge is 0.121 e. The summed E-state index contributed by atoms with van der Waals surface area (Å²) in [6.45, 7) is 6.57. The van der Waals surface area contributed by atoms with Gasteiger partial charge in [-0.2, -0.15) is 0 Å². The Hall–Kier alpha value is -0.800. The highest BCUT2D eigenvalue weighted by molar-refractivity contribution is 5.13. The normalized spacial score (nSPS) is 24.6. The van der Waals surface area contributed by atoms with Crippen molar-refractivity contribution in [3.05, 3.63) is 23.7 Å². The van der Waals surface area contributed by atoms with Crippen molar-refractivity contribution in [2.24, 2.45) is 5.92 Å². The first-order chi connectivity index (χ1) is 7.84. The van der Waals surface area contributed by atoms with Gasteiger partial charge in [0, 0.05) is 26.2 Å². The maximum atomic E-state index is 5.84. The second kappa shape index (κ2) is 4.22. The Morgan fingerprint density at radius 1 is 1.31 bits per heavy atom. The first kappa shape index (κ1) is 10.4. The SMILES string of the molecule is Cc1ccc([C@@H](C2CC2)N2CCNCC2)o1. The lowest BCUT2D eigenvalue weighted by Gasteiger charge is -2.34. The maximum absolute atomic E-state index is 5.84. The van der Waals surface area contributed by atoms with Gasteiger partial charge in [-0.1, -0.05) is 0 Å². The molecule has 88 valence electrons. The molecule has 0 radical (unpaired) electrons. The van der Waals surface area contributed by atoms with Gasteiger partial charge in [0.25, 0.3) is 0 Å². The van der Waals surface area contributed by atoms with Crippen LogP contribution in [0.5, 0.6) is 0 Å². The lowest BCUT2D eigenvalue weighted by molar-refractivity contribution is 0.136. The van der Waals surface area contributed by atoms with Crippen LogP contribution in [0.25, 0.3) is 0 Å². The van der Waals surface area contributed by atoms with Crippen molar-refractivity contribution in [3.8, 4) is 0 Å². The number of furan rings is 1. The summed E-state index contributed by atoms with van der Waals surface area (Å²) in [5.41, 5.74) is 0. The Labute approximate surface area is 96.8 Å². The lowest BCUT2D eigenvalue weighted by atomic mass is 10.1. The monoisotopic (exact) mass is 220 g/mol. The summed E-state index contributed by atoms with van der Waals surface area (Å²) in [4.78, 5) is 2.59. The summed E-state index contributed by atoms with van der Waals surface area (Å²) >= 11 is 0. The molecule has 1 saturated carbocycles. The van der Waals surface area contributed by atoms with Crippen LogP contribution in [0.3, 0.4) is 0 Å². The molecular weight excluding hydrogens is 200 g/mol. The Bertz CT molecular complexity index is 351. The fourth-order valence-electron chi connectivity index (χ4n) is 2.70. The third kappa shape index (κ3) is 2.02. The van der Waals surface area contributed by atoms with Gasteiger partial charge >= 0.3 is 0 Å². The molecule has 16 heavy (non-hydrogen) atoms. The minimum Gasteiger partial charge on any atom is -0.465 e. The van der Waals surface area contributed by atoms with Gasteiger partial charge in [-0.05, 0) is 37.8 Å². The number of rotatable bonds is 3. The van der Waals surface area contributed by atoms with Crippen LogP contribution in [0.15, 0.2) is 16.5 Å². The van der Waals surface area contributed by atoms with Crippen LogP contribution in [0.2, 0.25) is 0 Å². The number of nitrogens with one attached hydrogen (secondary N) is 1. The number of aryl methyl sites for hydroxylation is 1. The lowest BCUT2D eigenvalue weighted by Crippen LogP contribution is -2.45. The molecule has 3 nitrogen and oxygen atoms in total. The number of hydrogen-bond donors (Lipinski definition) is 1. The first-order valence-electron chi connectivity index (χ1n) is 6.36. The summed E-state index contributed by atoms with van der Waals surface area (Å²) in [6, 6.07) is 4.79. The van der Waals surface area contributed by atoms with Crippen LogP contribution in [-0.4, -0.2) is 31.1 Å². The van der Waals surface area contributed by atoms with Gasteiger partial charge in [0.15, 0.2) is 0 Å². The van der Waals surface area contributed by atoms with Gasteiger partial charge in [0.1, 0.15) is 11.5 Å². The summed E-state index contributed by atoms with van der Waals surface area (Å²) in [7, 11) is 0. The highest BCUT2D eigenvalue weighted by atomic mass is 16.3. The van der Waals surface area contributed by atoms with Crippen LogP contribution >= 0.6 is 0 Å². The molecule has 0 aromatic carbocycles. The topological polar surface area (TPSA) is 28.4 Å². The molecule has 1 atom stereocenters. The molecule has 0 amide bonds. The number of hydrogen-bond acceptors (Lipinski definition) is 3. The van der Waals surface area contributed by atoms with E-state index in [1.54, 1.807) is 0 Å². The predicted molar refractivity (Wildman–Crippen MR) is 63.4 cm³/mol. The average Bonchev–Trinajstić information content (AvgIpc) is 3.04. The van der Waals surface area contributed by atoms with Crippen LogP contribution in [0, 0.1) is 12.8 Å². The Kier molecular flexibility index (Phi) is 2.74. The van der Waals surface area contributed by atoms with Crippen molar-refractivity contribution < 1.29 is 4.42 Å². The highest BCUT2D eigenvalue weighted by Gasteiger charge is 2.38. The van der Waals surface area contributed by atoms with E-state index in [-0.39, 0.29) is 0 Å². The first-order valence-corrected chi connectivity index (χ1v) is 6.36. The van der Waals surface area contributed by atoms with Crippen molar-refractivity contribution in [3.63, 3.8) is 0 Å². The summed E-state index contributed by atoms with van der Waals surface area (Å²) in [5.74, 6) is 3.06. The van der Waals surface area contributed by atoms with Crippen LogP contribution in [0.4, 0.5) is 0 Å². The summed E-state index contributed by atoms with van der Waals surface area (Å²) in [5, 5.41) is 3.41. The van der Waals surface area contributed by atoms with E-state index < -0.39 is 0 Å². The highest BCUT2D eigenvalue weighted by Crippen LogP contribution is 2.44. The number of nitrogens with zero attached hydrogens (tertiary/aromatic N) is 1. The summed E-state index contributed by atoms with van der Waals surface area (Å²) in [6.07, 6.45) is 2.74. The molecule has 0 spiro atoms. The van der Waals surface area contributed by atoms with E-state index in [2.05, 4.69) is 22.3 Å². The Balaban J connectivity index is 1.79. The molecule has 3 rings (SSSR count). The number of piperazine rings is 1. The van der Waals surface area contributed by atoms with E-state index in [1.165, 1.54) is 18.6 Å². The standard InChI is InChI=1S/C13H20N2O/c1-10-2-5-12(16-10)13(11-3-4-11)15-8-6-14-7-9-15/h2,5,11,13-14H,3-4,6-9H2,1H3/t13-/m1/s1. The molecule has 1 aliphatic carbocycles. The molecule has 1 N–H and O–H groups in total. The van der Waals surface area contributed by atoms with Gasteiger partial charge in [0.05, 0.1) is 6.04 Å². The molecule has 2 fully saturated rings. The zero-order chi connectivity index (χ0) is 11.0. The van der Waals surface area contributed by atoms with Gasteiger partial charge in [-0.3, -0.25) is 4.90 Å². The Morgan fingerprint density at radius 3 is 2.62 bits per heavy atom. The third-order valence-corrected chi connectivity index (χ3v) is 3.67. The van der Waals surface area contributed by atoms with Gasteiger partial charge in [0.2, 0.25) is 0 Å². The van der Waals surface area contributed by atoms with Crippen molar-refractivity contribution in [1.82, 2.24) is 10.2 Å². The molecule has 2 heterocycles. The predicted octanol–water partition coefficient (Wildman–Crippen LogP) is 1.94. The van der Waals surface area contributed by atoms with Gasteiger partial charge in [-0.15, -0.1) is 0 Å². The molecule has 0 unspecified atom stereocenters. The van der Waals surface area contributed by atoms with Crippen LogP contribution in [-0.2, 0) is 0 Å². The van der Waals surface area contributed by atoms with Crippen molar-refractivity contribution in [2.75, 3.05) is 26.2 Å². The van der Waals surface area contributed by atoms with Crippen LogP contribution in [0.1, 0.15) is 30.4 Å². The zero-order valence-corrected chi connectivity index (χ0v) is 9.91.